The maximum Gasteiger partial charge on any atom is 0.136 e. The number of nitrogens with zero attached hydrogens (tertiary/aromatic N) is 2. The Morgan fingerprint density at radius 1 is 1.20 bits per heavy atom. The second kappa shape index (κ2) is 6.23. The molecule has 0 unspecified atom stereocenters. The lowest BCUT2D eigenvalue weighted by atomic mass is 10.1. The van der Waals surface area contributed by atoms with E-state index in [2.05, 4.69) is 16.8 Å². The third-order valence-electron chi connectivity index (χ3n) is 3.13. The van der Waals surface area contributed by atoms with Gasteiger partial charge in [0.25, 0.3) is 0 Å². The Labute approximate surface area is 93.4 Å². The first kappa shape index (κ1) is 12.7. The fraction of sp³-hybridized carbons (Fsp3) is 0.917. The summed E-state index contributed by atoms with van der Waals surface area (Å²) in [4.78, 5) is 16.3. The van der Waals surface area contributed by atoms with Gasteiger partial charge in [-0.1, -0.05) is 13.8 Å². The van der Waals surface area contributed by atoms with Gasteiger partial charge in [0.15, 0.2) is 0 Å². The first-order valence-corrected chi connectivity index (χ1v) is 6.03. The van der Waals surface area contributed by atoms with Crippen LogP contribution in [-0.2, 0) is 4.79 Å². The molecule has 1 heterocycles. The summed E-state index contributed by atoms with van der Waals surface area (Å²) in [6.07, 6.45) is 1.95. The summed E-state index contributed by atoms with van der Waals surface area (Å²) in [6, 6.07) is 0. The standard InChI is InChI=1S/C12H24N2O/c1-11(2)12(15)5-8-14-7-4-6-13(3)9-10-14/h11H,4-10H2,1-3H3. The predicted octanol–water partition coefficient (Wildman–Crippen LogP) is 1.24. The average Bonchev–Trinajstić information content (AvgIpc) is 2.39. The SMILES string of the molecule is CC(C)C(=O)CCN1CCCN(C)CC1. The van der Waals surface area contributed by atoms with Gasteiger partial charge in [0.2, 0.25) is 0 Å². The first-order chi connectivity index (χ1) is 7.09. The zero-order chi connectivity index (χ0) is 11.3. The molecule has 15 heavy (non-hydrogen) atoms. The molecule has 3 nitrogen and oxygen atoms in total. The highest BCUT2D eigenvalue weighted by atomic mass is 16.1. The molecule has 0 bridgehead atoms. The molecule has 0 aromatic heterocycles. The van der Waals surface area contributed by atoms with E-state index >= 15 is 0 Å². The summed E-state index contributed by atoms with van der Waals surface area (Å²) in [5.74, 6) is 0.590. The fourth-order valence-electron chi connectivity index (χ4n) is 1.88. The predicted molar refractivity (Wildman–Crippen MR) is 63.0 cm³/mol. The molecule has 0 aromatic rings. The molecule has 0 saturated carbocycles. The van der Waals surface area contributed by atoms with Crippen LogP contribution in [0.1, 0.15) is 26.7 Å². The van der Waals surface area contributed by atoms with E-state index in [-0.39, 0.29) is 5.92 Å². The minimum atomic E-state index is 0.194. The number of hydrogen-bond donors (Lipinski definition) is 0. The lowest BCUT2D eigenvalue weighted by molar-refractivity contribution is -0.122. The number of ketones is 1. The second-order valence-corrected chi connectivity index (χ2v) is 4.87. The second-order valence-electron chi connectivity index (χ2n) is 4.87. The number of carbonyl (C=O) groups excluding carboxylic acids is 1. The monoisotopic (exact) mass is 212 g/mol. The van der Waals surface area contributed by atoms with Crippen molar-refractivity contribution in [2.75, 3.05) is 39.8 Å². The molecule has 0 aliphatic carbocycles. The van der Waals surface area contributed by atoms with E-state index in [0.717, 1.165) is 32.6 Å². The van der Waals surface area contributed by atoms with Gasteiger partial charge in [0.05, 0.1) is 0 Å². The van der Waals surface area contributed by atoms with Crippen LogP contribution in [-0.4, -0.2) is 55.4 Å². The molecule has 0 spiro atoms. The molecule has 1 saturated heterocycles. The maximum atomic E-state index is 11.5. The molecule has 1 aliphatic rings. The summed E-state index contributed by atoms with van der Waals surface area (Å²) >= 11 is 0. The van der Waals surface area contributed by atoms with Gasteiger partial charge in [-0.15, -0.1) is 0 Å². The molecule has 0 N–H and O–H groups in total. The van der Waals surface area contributed by atoms with Crippen molar-refractivity contribution in [1.29, 1.82) is 0 Å². The van der Waals surface area contributed by atoms with Gasteiger partial charge in [-0.25, -0.2) is 0 Å². The molecule has 0 atom stereocenters. The third-order valence-corrected chi connectivity index (χ3v) is 3.13. The Balaban J connectivity index is 2.23. The molecule has 0 aromatic carbocycles. The molecular weight excluding hydrogens is 188 g/mol. The van der Waals surface area contributed by atoms with Crippen molar-refractivity contribution >= 4 is 5.78 Å². The maximum absolute atomic E-state index is 11.5. The van der Waals surface area contributed by atoms with Crippen LogP contribution in [0.2, 0.25) is 0 Å². The van der Waals surface area contributed by atoms with E-state index < -0.39 is 0 Å². The van der Waals surface area contributed by atoms with Crippen molar-refractivity contribution in [1.82, 2.24) is 9.80 Å². The van der Waals surface area contributed by atoms with Crippen molar-refractivity contribution in [2.24, 2.45) is 5.92 Å². The Morgan fingerprint density at radius 3 is 2.60 bits per heavy atom. The average molecular weight is 212 g/mol. The van der Waals surface area contributed by atoms with Crippen LogP contribution in [0.5, 0.6) is 0 Å². The molecule has 88 valence electrons. The van der Waals surface area contributed by atoms with Gasteiger partial charge in [0, 0.05) is 32.0 Å². The van der Waals surface area contributed by atoms with E-state index in [1.54, 1.807) is 0 Å². The molecule has 1 rings (SSSR count). The van der Waals surface area contributed by atoms with Crippen molar-refractivity contribution in [3.63, 3.8) is 0 Å². The zero-order valence-corrected chi connectivity index (χ0v) is 10.3. The highest BCUT2D eigenvalue weighted by molar-refractivity contribution is 5.80. The van der Waals surface area contributed by atoms with E-state index in [4.69, 9.17) is 0 Å². The lowest BCUT2D eigenvalue weighted by Gasteiger charge is -2.19. The largest absolute Gasteiger partial charge is 0.305 e. The van der Waals surface area contributed by atoms with Gasteiger partial charge in [-0.2, -0.15) is 0 Å². The minimum absolute atomic E-state index is 0.194. The number of Topliss-reactive ketones (excluding diaryl/α,β-unsaturated/α-hetero) is 1. The molecule has 1 aliphatic heterocycles. The Hall–Kier alpha value is -0.410. The lowest BCUT2D eigenvalue weighted by Crippen LogP contribution is -2.31. The van der Waals surface area contributed by atoms with Crippen molar-refractivity contribution < 1.29 is 4.79 Å². The summed E-state index contributed by atoms with van der Waals surface area (Å²) in [5, 5.41) is 0. The number of carbonyl (C=O) groups is 1. The summed E-state index contributed by atoms with van der Waals surface area (Å²) in [6.45, 7) is 9.50. The van der Waals surface area contributed by atoms with Crippen LogP contribution in [0.25, 0.3) is 0 Å². The summed E-state index contributed by atoms with van der Waals surface area (Å²) in [5.41, 5.74) is 0. The van der Waals surface area contributed by atoms with Gasteiger partial charge < -0.3 is 9.80 Å². The van der Waals surface area contributed by atoms with Gasteiger partial charge in [-0.05, 0) is 26.6 Å². The van der Waals surface area contributed by atoms with E-state index in [0.29, 0.717) is 5.78 Å². The Bertz CT molecular complexity index is 204. The Morgan fingerprint density at radius 2 is 1.93 bits per heavy atom. The van der Waals surface area contributed by atoms with Crippen molar-refractivity contribution in [2.45, 2.75) is 26.7 Å². The third kappa shape index (κ3) is 4.76. The number of likely N-dealkylation sites (N-methyl/N-ethyl adjacent to an activating group) is 1. The van der Waals surface area contributed by atoms with Crippen LogP contribution in [0.3, 0.4) is 0 Å². The number of hydrogen-bond acceptors (Lipinski definition) is 3. The van der Waals surface area contributed by atoms with Crippen LogP contribution in [0.4, 0.5) is 0 Å². The summed E-state index contributed by atoms with van der Waals surface area (Å²) in [7, 11) is 2.17. The smallest absolute Gasteiger partial charge is 0.136 e. The fourth-order valence-corrected chi connectivity index (χ4v) is 1.88. The molecule has 3 heteroatoms. The highest BCUT2D eigenvalue weighted by Gasteiger charge is 2.14. The quantitative estimate of drug-likeness (QED) is 0.700. The van der Waals surface area contributed by atoms with E-state index in [1.165, 1.54) is 13.0 Å². The Kier molecular flexibility index (Phi) is 5.26. The van der Waals surface area contributed by atoms with Crippen molar-refractivity contribution in [3.8, 4) is 0 Å². The van der Waals surface area contributed by atoms with Crippen LogP contribution >= 0.6 is 0 Å². The van der Waals surface area contributed by atoms with Crippen LogP contribution in [0, 0.1) is 5.92 Å². The molecule has 0 radical (unpaired) electrons. The van der Waals surface area contributed by atoms with Crippen LogP contribution in [0.15, 0.2) is 0 Å². The molecular formula is C12H24N2O. The zero-order valence-electron chi connectivity index (χ0n) is 10.3. The summed E-state index contributed by atoms with van der Waals surface area (Å²) < 4.78 is 0. The minimum Gasteiger partial charge on any atom is -0.305 e. The van der Waals surface area contributed by atoms with Gasteiger partial charge in [-0.3, -0.25) is 4.79 Å². The van der Waals surface area contributed by atoms with Crippen LogP contribution < -0.4 is 0 Å². The normalized spacial score (nSPS) is 20.5. The number of rotatable bonds is 4. The first-order valence-electron chi connectivity index (χ1n) is 6.03. The van der Waals surface area contributed by atoms with Gasteiger partial charge in [0.1, 0.15) is 5.78 Å². The topological polar surface area (TPSA) is 23.6 Å². The van der Waals surface area contributed by atoms with Gasteiger partial charge >= 0.3 is 0 Å². The van der Waals surface area contributed by atoms with Crippen molar-refractivity contribution in [3.05, 3.63) is 0 Å². The highest BCUT2D eigenvalue weighted by Crippen LogP contribution is 2.04. The van der Waals surface area contributed by atoms with E-state index in [9.17, 15) is 4.79 Å². The van der Waals surface area contributed by atoms with E-state index in [1.807, 2.05) is 13.8 Å². The molecule has 1 fully saturated rings. The molecule has 0 amide bonds.